The normalized spacial score (nSPS) is 18.0. The van der Waals surface area contributed by atoms with Gasteiger partial charge in [-0.2, -0.15) is 5.10 Å². The third-order valence-electron chi connectivity index (χ3n) is 5.99. The van der Waals surface area contributed by atoms with Gasteiger partial charge in [0, 0.05) is 49.6 Å². The molecule has 11 heteroatoms. The molecule has 1 saturated heterocycles. The Morgan fingerprint density at radius 2 is 2.06 bits per heavy atom. The summed E-state index contributed by atoms with van der Waals surface area (Å²) >= 11 is 0. The van der Waals surface area contributed by atoms with Crippen LogP contribution in [0.4, 0.5) is 4.39 Å². The van der Waals surface area contributed by atoms with Crippen LogP contribution in [0.5, 0.6) is 0 Å². The van der Waals surface area contributed by atoms with E-state index in [0.29, 0.717) is 24.3 Å². The molecule has 1 aromatic carbocycles. The molecule has 5 rings (SSSR count). The molecule has 1 aliphatic heterocycles. The molecular weight excluding hydrogens is 455 g/mol. The first-order valence-electron chi connectivity index (χ1n) is 11.1. The van der Waals surface area contributed by atoms with Crippen molar-refractivity contribution in [2.24, 2.45) is 7.05 Å². The van der Waals surface area contributed by atoms with Crippen LogP contribution in [-0.4, -0.2) is 60.7 Å². The van der Waals surface area contributed by atoms with Crippen LogP contribution in [-0.2, 0) is 18.3 Å². The number of carbonyl (C=O) groups excluding carboxylic acids is 1. The highest BCUT2D eigenvalue weighted by Crippen LogP contribution is 2.21. The van der Waals surface area contributed by atoms with E-state index in [1.165, 1.54) is 29.2 Å². The van der Waals surface area contributed by atoms with Crippen molar-refractivity contribution in [3.63, 3.8) is 0 Å². The molecule has 3 aromatic heterocycles. The minimum Gasteiger partial charge on any atom is -0.389 e. The molecule has 1 aliphatic rings. The Labute approximate surface area is 199 Å². The van der Waals surface area contributed by atoms with Gasteiger partial charge < -0.3 is 19.7 Å². The molecule has 1 fully saturated rings. The number of benzene rings is 1. The molecule has 0 unspecified atom stereocenters. The van der Waals surface area contributed by atoms with Crippen LogP contribution in [0.2, 0.25) is 0 Å². The predicted molar refractivity (Wildman–Crippen MR) is 124 cm³/mol. The average Bonchev–Trinajstić information content (AvgIpc) is 3.29. The fourth-order valence-electron chi connectivity index (χ4n) is 4.11. The first-order chi connectivity index (χ1) is 16.9. The fraction of sp³-hybridized carbons (Fsp3) is 0.292. The number of aromatic nitrogens is 5. The highest BCUT2D eigenvalue weighted by atomic mass is 19.1. The molecule has 180 valence electrons. The van der Waals surface area contributed by atoms with Crippen molar-refractivity contribution in [2.45, 2.75) is 25.1 Å². The van der Waals surface area contributed by atoms with Crippen molar-refractivity contribution in [1.29, 1.82) is 0 Å². The van der Waals surface area contributed by atoms with Crippen LogP contribution in [0.3, 0.4) is 0 Å². The van der Waals surface area contributed by atoms with Gasteiger partial charge in [-0.05, 0) is 18.6 Å². The molecule has 1 amide bonds. The number of pyridine rings is 1. The van der Waals surface area contributed by atoms with Crippen molar-refractivity contribution >= 4 is 16.9 Å². The highest BCUT2D eigenvalue weighted by molar-refractivity contribution is 6.04. The van der Waals surface area contributed by atoms with E-state index in [-0.39, 0.29) is 35.3 Å². The molecule has 2 atom stereocenters. The second-order valence-electron chi connectivity index (χ2n) is 8.42. The number of hydrogen-bond acceptors (Lipinski definition) is 7. The van der Waals surface area contributed by atoms with Crippen molar-refractivity contribution in [3.05, 3.63) is 76.4 Å². The fourth-order valence-corrected chi connectivity index (χ4v) is 4.11. The van der Waals surface area contributed by atoms with Gasteiger partial charge in [0.25, 0.3) is 11.5 Å². The Balaban J connectivity index is 1.49. The zero-order valence-corrected chi connectivity index (χ0v) is 18.9. The average molecular weight is 478 g/mol. The van der Waals surface area contributed by atoms with Gasteiger partial charge in [-0.3, -0.25) is 19.3 Å². The maximum absolute atomic E-state index is 15.0. The quantitative estimate of drug-likeness (QED) is 0.443. The lowest BCUT2D eigenvalue weighted by Gasteiger charge is -2.28. The zero-order chi connectivity index (χ0) is 24.5. The molecule has 4 aromatic rings. The van der Waals surface area contributed by atoms with Crippen molar-refractivity contribution in [2.75, 3.05) is 13.2 Å². The maximum Gasteiger partial charge on any atom is 0.279 e. The van der Waals surface area contributed by atoms with E-state index in [9.17, 15) is 19.1 Å². The first kappa shape index (κ1) is 22.8. The number of fused-ring (bicyclic) bond motifs is 1. The van der Waals surface area contributed by atoms with Gasteiger partial charge in [-0.25, -0.2) is 9.37 Å². The van der Waals surface area contributed by atoms with Crippen LogP contribution >= 0.6 is 0 Å². The van der Waals surface area contributed by atoms with Crippen molar-refractivity contribution in [1.82, 2.24) is 29.6 Å². The van der Waals surface area contributed by atoms with E-state index in [1.54, 1.807) is 36.1 Å². The summed E-state index contributed by atoms with van der Waals surface area (Å²) in [5.74, 6) is -1.02. The number of amides is 1. The molecule has 10 nitrogen and oxygen atoms in total. The number of ether oxygens (including phenoxy) is 1. The van der Waals surface area contributed by atoms with E-state index in [4.69, 9.17) is 4.74 Å². The molecule has 0 bridgehead atoms. The number of aliphatic hydroxyl groups is 1. The smallest absolute Gasteiger partial charge is 0.279 e. The molecule has 0 radical (unpaired) electrons. The van der Waals surface area contributed by atoms with Gasteiger partial charge in [0.2, 0.25) is 0 Å². The maximum atomic E-state index is 15.0. The first-order valence-corrected chi connectivity index (χ1v) is 11.1. The molecule has 0 spiro atoms. The number of nitrogens with zero attached hydrogens (tertiary/aromatic N) is 5. The molecule has 4 heterocycles. The van der Waals surface area contributed by atoms with Crippen LogP contribution in [0.25, 0.3) is 22.3 Å². The molecule has 0 saturated carbocycles. The number of halogens is 1. The van der Waals surface area contributed by atoms with Gasteiger partial charge in [-0.15, -0.1) is 0 Å². The van der Waals surface area contributed by atoms with E-state index in [1.807, 2.05) is 0 Å². The van der Waals surface area contributed by atoms with Gasteiger partial charge in [0.1, 0.15) is 11.3 Å². The topological polar surface area (TPSA) is 124 Å². The van der Waals surface area contributed by atoms with E-state index < -0.39 is 29.4 Å². The number of rotatable bonds is 5. The van der Waals surface area contributed by atoms with Crippen molar-refractivity contribution < 1.29 is 19.0 Å². The van der Waals surface area contributed by atoms with Crippen LogP contribution in [0, 0.1) is 5.82 Å². The Morgan fingerprint density at radius 1 is 1.26 bits per heavy atom. The second kappa shape index (κ2) is 9.35. The largest absolute Gasteiger partial charge is 0.389 e. The van der Waals surface area contributed by atoms with Gasteiger partial charge in [0.15, 0.2) is 5.52 Å². The minimum atomic E-state index is -0.845. The summed E-state index contributed by atoms with van der Waals surface area (Å²) in [6, 6.07) is 5.96. The summed E-state index contributed by atoms with van der Waals surface area (Å²) in [7, 11) is 1.78. The lowest BCUT2D eigenvalue weighted by Crippen LogP contribution is -2.49. The summed E-state index contributed by atoms with van der Waals surface area (Å²) in [6.45, 7) is 0.425. The monoisotopic (exact) mass is 478 g/mol. The number of aliphatic hydroxyl groups excluding tert-OH is 1. The standard InChI is InChI=1S/C24H23FN6O4/c1-30-8-4-18(29-30)14-2-3-15(17(25)10-14)11-31-12-16(21-22(24(31)34)27-7-6-26-21)23(33)28-19-5-9-35-13-20(19)32/h2-4,6-8,10,12,19-20,32H,5,9,11,13H2,1H3,(H,28,33)/t19-,20-/m0/s1. The Kier molecular flexibility index (Phi) is 6.10. The number of nitrogens with one attached hydrogen (secondary N) is 1. The molecule has 35 heavy (non-hydrogen) atoms. The summed E-state index contributed by atoms with van der Waals surface area (Å²) < 4.78 is 23.1. The lowest BCUT2D eigenvalue weighted by atomic mass is 10.1. The van der Waals surface area contributed by atoms with Gasteiger partial charge in [-0.1, -0.05) is 12.1 Å². The summed E-state index contributed by atoms with van der Waals surface area (Å²) in [4.78, 5) is 34.5. The third-order valence-corrected chi connectivity index (χ3v) is 5.99. The van der Waals surface area contributed by atoms with E-state index in [2.05, 4.69) is 20.4 Å². The zero-order valence-electron chi connectivity index (χ0n) is 18.9. The summed E-state index contributed by atoms with van der Waals surface area (Å²) in [5, 5.41) is 17.2. The number of hydrogen-bond donors (Lipinski definition) is 2. The van der Waals surface area contributed by atoms with Gasteiger partial charge >= 0.3 is 0 Å². The number of carbonyl (C=O) groups is 1. The third kappa shape index (κ3) is 4.55. The van der Waals surface area contributed by atoms with Crippen LogP contribution in [0.1, 0.15) is 22.3 Å². The van der Waals surface area contributed by atoms with Gasteiger partial charge in [0.05, 0.1) is 36.6 Å². The SMILES string of the molecule is Cn1ccc(-c2ccc(Cn3cc(C(=O)N[C@H]4CCOC[C@@H]4O)c4nccnc4c3=O)c(F)c2)n1. The van der Waals surface area contributed by atoms with Crippen LogP contribution in [0.15, 0.2) is 53.8 Å². The Bertz CT molecular complexity index is 1470. The molecule has 2 N–H and O–H groups in total. The predicted octanol–water partition coefficient (Wildman–Crippen LogP) is 1.26. The number of aryl methyl sites for hydroxylation is 1. The highest BCUT2D eigenvalue weighted by Gasteiger charge is 2.27. The van der Waals surface area contributed by atoms with Crippen LogP contribution < -0.4 is 10.9 Å². The van der Waals surface area contributed by atoms with Crippen molar-refractivity contribution in [3.8, 4) is 11.3 Å². The Morgan fingerprint density at radius 3 is 2.77 bits per heavy atom. The lowest BCUT2D eigenvalue weighted by molar-refractivity contribution is -0.0260. The molecular formula is C24H23FN6O4. The van der Waals surface area contributed by atoms with E-state index in [0.717, 1.165) is 0 Å². The minimum absolute atomic E-state index is 0.00168. The van der Waals surface area contributed by atoms with E-state index >= 15 is 0 Å². The Hall–Kier alpha value is -3.96. The summed E-state index contributed by atoms with van der Waals surface area (Å²) in [6.07, 6.45) is 5.48. The second-order valence-corrected chi connectivity index (χ2v) is 8.42. The molecule has 0 aliphatic carbocycles. The summed E-state index contributed by atoms with van der Waals surface area (Å²) in [5.41, 5.74) is 1.25.